The largest absolute Gasteiger partial charge is 0.383 e. The molecule has 0 spiro atoms. The van der Waals surface area contributed by atoms with Gasteiger partial charge in [-0.25, -0.2) is 4.98 Å². The first kappa shape index (κ1) is 11.2. The number of halogens is 3. The van der Waals surface area contributed by atoms with E-state index in [0.717, 1.165) is 15.4 Å². The van der Waals surface area contributed by atoms with E-state index in [1.54, 1.807) is 6.20 Å². The lowest BCUT2D eigenvalue weighted by Crippen LogP contribution is -1.94. The molecular formula is C6H7Br2ClN2. The fourth-order valence-corrected chi connectivity index (χ4v) is 1.43. The van der Waals surface area contributed by atoms with Gasteiger partial charge in [-0.05, 0) is 22.0 Å². The highest BCUT2D eigenvalue weighted by atomic mass is 79.9. The van der Waals surface area contributed by atoms with Crippen molar-refractivity contribution in [2.24, 2.45) is 0 Å². The average molecular weight is 302 g/mol. The highest BCUT2D eigenvalue weighted by molar-refractivity contribution is 9.10. The molecule has 0 bridgehead atoms. The summed E-state index contributed by atoms with van der Waals surface area (Å²) in [5.41, 5.74) is 6.55. The second-order valence-electron chi connectivity index (χ2n) is 1.83. The second kappa shape index (κ2) is 4.95. The molecule has 0 aliphatic carbocycles. The summed E-state index contributed by atoms with van der Waals surface area (Å²) in [5.74, 6) is 0.583. The number of rotatable bonds is 1. The van der Waals surface area contributed by atoms with Crippen LogP contribution in [0.3, 0.4) is 0 Å². The predicted molar refractivity (Wildman–Crippen MR) is 56.2 cm³/mol. The van der Waals surface area contributed by atoms with Crippen LogP contribution in [0, 0.1) is 0 Å². The number of nitrogen functional groups attached to an aromatic ring is 1. The van der Waals surface area contributed by atoms with Crippen molar-refractivity contribution in [2.45, 2.75) is 5.33 Å². The van der Waals surface area contributed by atoms with E-state index in [4.69, 9.17) is 5.73 Å². The quantitative estimate of drug-likeness (QED) is 0.810. The summed E-state index contributed by atoms with van der Waals surface area (Å²) in [7, 11) is 0. The Bertz CT molecular complexity index is 242. The van der Waals surface area contributed by atoms with E-state index in [9.17, 15) is 0 Å². The molecule has 0 saturated carbocycles. The van der Waals surface area contributed by atoms with Crippen LogP contribution in [0.15, 0.2) is 16.7 Å². The molecule has 1 heterocycles. The van der Waals surface area contributed by atoms with Gasteiger partial charge in [0.1, 0.15) is 5.82 Å². The van der Waals surface area contributed by atoms with E-state index in [-0.39, 0.29) is 12.4 Å². The van der Waals surface area contributed by atoms with Gasteiger partial charge in [-0.1, -0.05) is 15.9 Å². The van der Waals surface area contributed by atoms with Crippen LogP contribution in [0.25, 0.3) is 0 Å². The molecular weight excluding hydrogens is 295 g/mol. The van der Waals surface area contributed by atoms with Crippen molar-refractivity contribution in [3.8, 4) is 0 Å². The van der Waals surface area contributed by atoms with Gasteiger partial charge in [0.05, 0.1) is 0 Å². The van der Waals surface area contributed by atoms with E-state index in [2.05, 4.69) is 36.8 Å². The smallest absolute Gasteiger partial charge is 0.127 e. The normalized spacial score (nSPS) is 8.91. The molecule has 0 amide bonds. The van der Waals surface area contributed by atoms with Gasteiger partial charge in [0.25, 0.3) is 0 Å². The molecule has 1 aromatic rings. The minimum atomic E-state index is 0. The molecule has 0 radical (unpaired) electrons. The number of aromatic nitrogens is 1. The Morgan fingerprint density at radius 3 is 2.64 bits per heavy atom. The third-order valence-electron chi connectivity index (χ3n) is 1.11. The lowest BCUT2D eigenvalue weighted by Gasteiger charge is -1.99. The Balaban J connectivity index is 0.000001000. The van der Waals surface area contributed by atoms with Crippen LogP contribution in [-0.4, -0.2) is 4.98 Å². The molecule has 1 rings (SSSR count). The Kier molecular flexibility index (Phi) is 5.04. The Morgan fingerprint density at radius 1 is 1.55 bits per heavy atom. The molecule has 0 saturated heterocycles. The van der Waals surface area contributed by atoms with E-state index < -0.39 is 0 Å². The molecule has 0 unspecified atom stereocenters. The van der Waals surface area contributed by atoms with Crippen molar-refractivity contribution in [1.29, 1.82) is 0 Å². The van der Waals surface area contributed by atoms with Crippen LogP contribution >= 0.6 is 44.3 Å². The first-order valence-corrected chi connectivity index (χ1v) is 4.61. The maximum atomic E-state index is 5.54. The highest BCUT2D eigenvalue weighted by Crippen LogP contribution is 2.17. The standard InChI is InChI=1S/C6H6Br2N2.ClH/c7-2-4-1-5(8)3-10-6(4)9;/h1,3H,2H2,(H2,9,10);1H. The summed E-state index contributed by atoms with van der Waals surface area (Å²) in [6.45, 7) is 0. The maximum absolute atomic E-state index is 5.54. The number of pyridine rings is 1. The summed E-state index contributed by atoms with van der Waals surface area (Å²) in [5, 5.41) is 0.741. The first-order chi connectivity index (χ1) is 4.74. The van der Waals surface area contributed by atoms with Crippen LogP contribution < -0.4 is 5.73 Å². The summed E-state index contributed by atoms with van der Waals surface area (Å²) < 4.78 is 0.955. The van der Waals surface area contributed by atoms with Gasteiger partial charge in [-0.2, -0.15) is 0 Å². The summed E-state index contributed by atoms with van der Waals surface area (Å²) >= 11 is 6.60. The minimum absolute atomic E-state index is 0. The summed E-state index contributed by atoms with van der Waals surface area (Å²) in [6.07, 6.45) is 1.68. The lowest BCUT2D eigenvalue weighted by atomic mass is 10.3. The topological polar surface area (TPSA) is 38.9 Å². The molecule has 0 aromatic carbocycles. The fraction of sp³-hybridized carbons (Fsp3) is 0.167. The second-order valence-corrected chi connectivity index (χ2v) is 3.31. The highest BCUT2D eigenvalue weighted by Gasteiger charge is 1.97. The van der Waals surface area contributed by atoms with Gasteiger partial charge < -0.3 is 5.73 Å². The Hall–Kier alpha value is 0.200. The van der Waals surface area contributed by atoms with Crippen molar-refractivity contribution in [3.63, 3.8) is 0 Å². The molecule has 2 N–H and O–H groups in total. The molecule has 0 fully saturated rings. The van der Waals surface area contributed by atoms with Crippen LogP contribution in [0.2, 0.25) is 0 Å². The summed E-state index contributed by atoms with van der Waals surface area (Å²) in [6, 6.07) is 1.94. The van der Waals surface area contributed by atoms with Crippen molar-refractivity contribution in [1.82, 2.24) is 4.98 Å². The molecule has 11 heavy (non-hydrogen) atoms. The van der Waals surface area contributed by atoms with E-state index >= 15 is 0 Å². The molecule has 5 heteroatoms. The monoisotopic (exact) mass is 300 g/mol. The number of hydrogen-bond acceptors (Lipinski definition) is 2. The number of nitrogens with zero attached hydrogens (tertiary/aromatic N) is 1. The zero-order valence-electron chi connectivity index (χ0n) is 5.55. The van der Waals surface area contributed by atoms with E-state index in [1.165, 1.54) is 0 Å². The maximum Gasteiger partial charge on any atom is 0.127 e. The van der Waals surface area contributed by atoms with Gasteiger partial charge in [0.15, 0.2) is 0 Å². The average Bonchev–Trinajstić information content (AvgIpc) is 1.94. The summed E-state index contributed by atoms with van der Waals surface area (Å²) in [4.78, 5) is 3.95. The third-order valence-corrected chi connectivity index (χ3v) is 2.15. The SMILES string of the molecule is Cl.Nc1ncc(Br)cc1CBr. The Labute approximate surface area is 88.2 Å². The molecule has 0 aliphatic rings. The zero-order chi connectivity index (χ0) is 7.56. The van der Waals surface area contributed by atoms with Crippen LogP contribution in [0.5, 0.6) is 0 Å². The fourth-order valence-electron chi connectivity index (χ4n) is 0.599. The van der Waals surface area contributed by atoms with Crippen LogP contribution in [0.4, 0.5) is 5.82 Å². The van der Waals surface area contributed by atoms with Gasteiger partial charge >= 0.3 is 0 Å². The van der Waals surface area contributed by atoms with Gasteiger partial charge in [-0.3, -0.25) is 0 Å². The van der Waals surface area contributed by atoms with Crippen molar-refractivity contribution in [2.75, 3.05) is 5.73 Å². The van der Waals surface area contributed by atoms with Gasteiger partial charge in [-0.15, -0.1) is 12.4 Å². The van der Waals surface area contributed by atoms with Crippen molar-refractivity contribution >= 4 is 50.1 Å². The molecule has 0 atom stereocenters. The number of hydrogen-bond donors (Lipinski definition) is 1. The molecule has 2 nitrogen and oxygen atoms in total. The van der Waals surface area contributed by atoms with Crippen molar-refractivity contribution < 1.29 is 0 Å². The minimum Gasteiger partial charge on any atom is -0.383 e. The molecule has 0 aliphatic heterocycles. The first-order valence-electron chi connectivity index (χ1n) is 2.70. The van der Waals surface area contributed by atoms with Crippen molar-refractivity contribution in [3.05, 3.63) is 22.3 Å². The van der Waals surface area contributed by atoms with Crippen LogP contribution in [-0.2, 0) is 5.33 Å². The van der Waals surface area contributed by atoms with E-state index in [0.29, 0.717) is 5.82 Å². The number of anilines is 1. The van der Waals surface area contributed by atoms with Gasteiger partial charge in [0, 0.05) is 21.6 Å². The zero-order valence-corrected chi connectivity index (χ0v) is 9.54. The van der Waals surface area contributed by atoms with Gasteiger partial charge in [0.2, 0.25) is 0 Å². The number of alkyl halides is 1. The third kappa shape index (κ3) is 2.97. The molecule has 1 aromatic heterocycles. The Morgan fingerprint density at radius 2 is 2.18 bits per heavy atom. The van der Waals surface area contributed by atoms with E-state index in [1.807, 2.05) is 6.07 Å². The predicted octanol–water partition coefficient (Wildman–Crippen LogP) is 2.74. The number of nitrogens with two attached hydrogens (primary N) is 1. The van der Waals surface area contributed by atoms with Crippen LogP contribution in [0.1, 0.15) is 5.56 Å². The molecule has 62 valence electrons. The lowest BCUT2D eigenvalue weighted by molar-refractivity contribution is 1.25.